The number of hydrogen-bond acceptors (Lipinski definition) is 3. The summed E-state index contributed by atoms with van der Waals surface area (Å²) >= 11 is 0. The van der Waals surface area contributed by atoms with Gasteiger partial charge in [0.1, 0.15) is 6.10 Å². The summed E-state index contributed by atoms with van der Waals surface area (Å²) in [6.07, 6.45) is -0.406. The van der Waals surface area contributed by atoms with E-state index in [0.717, 1.165) is 18.1 Å². The van der Waals surface area contributed by atoms with Crippen LogP contribution in [0.4, 0.5) is 0 Å². The molecule has 0 aliphatic rings. The second-order valence-electron chi connectivity index (χ2n) is 3.76. The average molecular weight is 232 g/mol. The summed E-state index contributed by atoms with van der Waals surface area (Å²) < 4.78 is 10.9. The fraction of sp³-hybridized carbons (Fsp3) is 0.909. The van der Waals surface area contributed by atoms with E-state index in [1.165, 1.54) is 0 Å². The van der Waals surface area contributed by atoms with Gasteiger partial charge in [-0.05, 0) is 32.0 Å². The second kappa shape index (κ2) is 7.01. The van der Waals surface area contributed by atoms with Crippen molar-refractivity contribution in [2.75, 3.05) is 6.61 Å². The molecule has 0 radical (unpaired) electrons. The Morgan fingerprint density at radius 3 is 1.93 bits per heavy atom. The Kier molecular flexibility index (Phi) is 6.84. The molecular formula is C11H24O3Si. The van der Waals surface area contributed by atoms with Gasteiger partial charge in [-0.25, -0.2) is 4.79 Å². The van der Waals surface area contributed by atoms with Crippen LogP contribution in [0.15, 0.2) is 0 Å². The molecule has 1 atom stereocenters. The molecule has 4 heteroatoms. The van der Waals surface area contributed by atoms with Gasteiger partial charge in [-0.3, -0.25) is 0 Å². The molecule has 0 fully saturated rings. The maximum Gasteiger partial charge on any atom is 0.333 e. The fourth-order valence-electron chi connectivity index (χ4n) is 1.68. The Morgan fingerprint density at radius 2 is 1.60 bits per heavy atom. The highest BCUT2D eigenvalue weighted by atomic mass is 28.4. The largest absolute Gasteiger partial charge is 0.464 e. The minimum absolute atomic E-state index is 0.232. The standard InChI is InChI=1S/C11H24O3Si/c1-6-13-11(12)10(5)14-15(7-2,8-3)9-4/h10H,6-9H2,1-5H3/t10-/m0/s1. The lowest BCUT2D eigenvalue weighted by molar-refractivity contribution is -0.151. The maximum absolute atomic E-state index is 11.4. The van der Waals surface area contributed by atoms with E-state index in [4.69, 9.17) is 9.16 Å². The normalized spacial score (nSPS) is 13.7. The van der Waals surface area contributed by atoms with Crippen LogP contribution in [-0.2, 0) is 14.0 Å². The van der Waals surface area contributed by atoms with E-state index in [-0.39, 0.29) is 5.97 Å². The van der Waals surface area contributed by atoms with Crippen molar-refractivity contribution in [1.82, 2.24) is 0 Å². The Labute approximate surface area is 94.3 Å². The van der Waals surface area contributed by atoms with Crippen LogP contribution in [-0.4, -0.2) is 27.0 Å². The van der Waals surface area contributed by atoms with Crippen LogP contribution in [0.1, 0.15) is 34.6 Å². The SMILES string of the molecule is CCOC(=O)[C@H](C)O[Si](CC)(CC)CC. The Bertz CT molecular complexity index is 182. The van der Waals surface area contributed by atoms with E-state index >= 15 is 0 Å². The molecule has 0 spiro atoms. The van der Waals surface area contributed by atoms with Gasteiger partial charge in [0.05, 0.1) is 6.61 Å². The van der Waals surface area contributed by atoms with Crippen LogP contribution >= 0.6 is 0 Å². The first-order valence-corrected chi connectivity index (χ1v) is 8.42. The number of rotatable bonds is 7. The Morgan fingerprint density at radius 1 is 1.13 bits per heavy atom. The van der Waals surface area contributed by atoms with Gasteiger partial charge in [0.25, 0.3) is 0 Å². The summed E-state index contributed by atoms with van der Waals surface area (Å²) in [5.41, 5.74) is 0. The number of ether oxygens (including phenoxy) is 1. The van der Waals surface area contributed by atoms with Gasteiger partial charge in [-0.2, -0.15) is 0 Å². The van der Waals surface area contributed by atoms with E-state index in [1.54, 1.807) is 6.92 Å². The molecule has 0 unspecified atom stereocenters. The van der Waals surface area contributed by atoms with Gasteiger partial charge in [-0.1, -0.05) is 20.8 Å². The predicted molar refractivity (Wildman–Crippen MR) is 64.4 cm³/mol. The third-order valence-electron chi connectivity index (χ3n) is 2.98. The molecule has 0 aliphatic carbocycles. The quantitative estimate of drug-likeness (QED) is 0.500. The third kappa shape index (κ3) is 4.34. The van der Waals surface area contributed by atoms with Crippen molar-refractivity contribution in [1.29, 1.82) is 0 Å². The molecule has 0 aromatic carbocycles. The van der Waals surface area contributed by atoms with Crippen LogP contribution in [0.3, 0.4) is 0 Å². The summed E-state index contributed by atoms with van der Waals surface area (Å²) in [6.45, 7) is 10.5. The predicted octanol–water partition coefficient (Wildman–Crippen LogP) is 2.96. The summed E-state index contributed by atoms with van der Waals surface area (Å²) in [5.74, 6) is -0.232. The van der Waals surface area contributed by atoms with Crippen LogP contribution in [0.25, 0.3) is 0 Å². The van der Waals surface area contributed by atoms with Crippen molar-refractivity contribution < 1.29 is 14.0 Å². The first-order valence-electron chi connectivity index (χ1n) is 5.89. The Hall–Kier alpha value is -0.353. The van der Waals surface area contributed by atoms with Crippen LogP contribution in [0.2, 0.25) is 18.1 Å². The van der Waals surface area contributed by atoms with Crippen molar-refractivity contribution >= 4 is 14.3 Å². The van der Waals surface area contributed by atoms with Gasteiger partial charge in [0, 0.05) is 0 Å². The van der Waals surface area contributed by atoms with Crippen LogP contribution in [0, 0.1) is 0 Å². The minimum atomic E-state index is -1.67. The van der Waals surface area contributed by atoms with Crippen molar-refractivity contribution in [3.8, 4) is 0 Å². The fourth-order valence-corrected chi connectivity index (χ4v) is 4.53. The molecule has 0 saturated carbocycles. The van der Waals surface area contributed by atoms with Gasteiger partial charge in [0.15, 0.2) is 8.32 Å². The highest BCUT2D eigenvalue weighted by Gasteiger charge is 2.33. The molecule has 0 aliphatic heterocycles. The molecule has 15 heavy (non-hydrogen) atoms. The van der Waals surface area contributed by atoms with Crippen molar-refractivity contribution in [2.45, 2.75) is 58.9 Å². The summed E-state index contributed by atoms with van der Waals surface area (Å²) in [4.78, 5) is 11.4. The van der Waals surface area contributed by atoms with E-state index < -0.39 is 14.4 Å². The van der Waals surface area contributed by atoms with E-state index in [2.05, 4.69) is 20.8 Å². The zero-order valence-electron chi connectivity index (χ0n) is 10.6. The Balaban J connectivity index is 4.34. The van der Waals surface area contributed by atoms with Crippen molar-refractivity contribution in [2.24, 2.45) is 0 Å². The minimum Gasteiger partial charge on any atom is -0.464 e. The third-order valence-corrected chi connectivity index (χ3v) is 7.70. The molecular weight excluding hydrogens is 208 g/mol. The topological polar surface area (TPSA) is 35.5 Å². The molecule has 0 rings (SSSR count). The summed E-state index contributed by atoms with van der Waals surface area (Å²) in [7, 11) is -1.67. The number of hydrogen-bond donors (Lipinski definition) is 0. The van der Waals surface area contributed by atoms with Crippen molar-refractivity contribution in [3.05, 3.63) is 0 Å². The highest BCUT2D eigenvalue weighted by molar-refractivity contribution is 6.73. The first-order chi connectivity index (χ1) is 7.05. The average Bonchev–Trinajstić information content (AvgIpc) is 2.26. The number of carbonyl (C=O) groups is 1. The molecule has 90 valence electrons. The first kappa shape index (κ1) is 14.6. The number of esters is 1. The molecule has 0 aromatic heterocycles. The van der Waals surface area contributed by atoms with Gasteiger partial charge in [0.2, 0.25) is 0 Å². The smallest absolute Gasteiger partial charge is 0.333 e. The monoisotopic (exact) mass is 232 g/mol. The molecule has 0 heterocycles. The molecule has 0 bridgehead atoms. The zero-order valence-corrected chi connectivity index (χ0v) is 11.6. The van der Waals surface area contributed by atoms with Gasteiger partial charge < -0.3 is 9.16 Å². The highest BCUT2D eigenvalue weighted by Crippen LogP contribution is 2.23. The summed E-state index contributed by atoms with van der Waals surface area (Å²) in [6, 6.07) is 3.18. The van der Waals surface area contributed by atoms with E-state index in [1.807, 2.05) is 6.92 Å². The van der Waals surface area contributed by atoms with Gasteiger partial charge in [-0.15, -0.1) is 0 Å². The van der Waals surface area contributed by atoms with E-state index in [9.17, 15) is 4.79 Å². The lowest BCUT2D eigenvalue weighted by Gasteiger charge is -2.30. The maximum atomic E-state index is 11.4. The summed E-state index contributed by atoms with van der Waals surface area (Å²) in [5, 5.41) is 0. The lowest BCUT2D eigenvalue weighted by Crippen LogP contribution is -2.42. The molecule has 0 amide bonds. The lowest BCUT2D eigenvalue weighted by atomic mass is 10.4. The van der Waals surface area contributed by atoms with E-state index in [0.29, 0.717) is 6.61 Å². The molecule has 3 nitrogen and oxygen atoms in total. The van der Waals surface area contributed by atoms with Crippen LogP contribution < -0.4 is 0 Å². The molecule has 0 aromatic rings. The second-order valence-corrected chi connectivity index (χ2v) is 8.48. The van der Waals surface area contributed by atoms with Crippen molar-refractivity contribution in [3.63, 3.8) is 0 Å². The molecule has 0 N–H and O–H groups in total. The van der Waals surface area contributed by atoms with Crippen LogP contribution in [0.5, 0.6) is 0 Å². The zero-order chi connectivity index (χ0) is 11.9. The number of carbonyl (C=O) groups excluding carboxylic acids is 1. The molecule has 0 saturated heterocycles. The van der Waals surface area contributed by atoms with Gasteiger partial charge >= 0.3 is 5.97 Å².